The SMILES string of the molecule is CC(C)C(=O)O.CC(C)C(=O)O.CCCCC(CC)(CO)CO. The molecule has 0 atom stereocenters. The van der Waals surface area contributed by atoms with Crippen LogP contribution < -0.4 is 0 Å². The second-order valence-electron chi connectivity index (χ2n) is 6.26. The minimum Gasteiger partial charge on any atom is -0.481 e. The molecule has 0 radical (unpaired) electrons. The van der Waals surface area contributed by atoms with Crippen LogP contribution >= 0.6 is 0 Å². The van der Waals surface area contributed by atoms with Gasteiger partial charge in [0.25, 0.3) is 0 Å². The second kappa shape index (κ2) is 15.7. The molecule has 0 bridgehead atoms. The summed E-state index contributed by atoms with van der Waals surface area (Å²) in [6.45, 7) is 10.9. The molecule has 0 aliphatic carbocycles. The van der Waals surface area contributed by atoms with Gasteiger partial charge in [-0.2, -0.15) is 0 Å². The normalized spacial score (nSPS) is 10.5. The lowest BCUT2D eigenvalue weighted by Gasteiger charge is -2.27. The minimum absolute atomic E-state index is 0.111. The zero-order chi connectivity index (χ0) is 19.1. The predicted octanol–water partition coefficient (Wildman–Crippen LogP) is 3.01. The molecule has 6 nitrogen and oxygen atoms in total. The van der Waals surface area contributed by atoms with E-state index in [0.29, 0.717) is 0 Å². The Labute approximate surface area is 140 Å². The van der Waals surface area contributed by atoms with E-state index in [1.165, 1.54) is 0 Å². The molecule has 0 saturated heterocycles. The van der Waals surface area contributed by atoms with Crippen molar-refractivity contribution >= 4 is 11.9 Å². The Balaban J connectivity index is -0.000000284. The van der Waals surface area contributed by atoms with Crippen LogP contribution in [0.3, 0.4) is 0 Å². The van der Waals surface area contributed by atoms with Crippen LogP contribution in [0.4, 0.5) is 0 Å². The molecule has 0 saturated carbocycles. The van der Waals surface area contributed by atoms with Gasteiger partial charge in [-0.25, -0.2) is 0 Å². The molecule has 0 aromatic rings. The van der Waals surface area contributed by atoms with Crippen molar-refractivity contribution in [3.8, 4) is 0 Å². The number of carboxylic acids is 2. The number of aliphatic hydroxyl groups excluding tert-OH is 2. The van der Waals surface area contributed by atoms with Crippen molar-refractivity contribution in [2.24, 2.45) is 17.3 Å². The van der Waals surface area contributed by atoms with Crippen LogP contribution in [0.15, 0.2) is 0 Å². The Morgan fingerprint density at radius 2 is 1.17 bits per heavy atom. The Hall–Kier alpha value is -1.14. The number of aliphatic hydroxyl groups is 2. The summed E-state index contributed by atoms with van der Waals surface area (Å²) in [4.78, 5) is 19.4. The van der Waals surface area contributed by atoms with Crippen molar-refractivity contribution in [2.45, 2.75) is 67.2 Å². The standard InChI is InChI=1S/C9H20O2.2C4H8O2/c1-3-5-6-9(4-2,7-10)8-11;2*1-3(2)4(5)6/h10-11H,3-8H2,1-2H3;2*3H,1-2H3,(H,5,6). The first-order valence-electron chi connectivity index (χ1n) is 8.20. The third-order valence-corrected chi connectivity index (χ3v) is 3.47. The maximum Gasteiger partial charge on any atom is 0.305 e. The molecule has 0 rings (SSSR count). The highest BCUT2D eigenvalue weighted by Crippen LogP contribution is 2.27. The van der Waals surface area contributed by atoms with Gasteiger partial charge in [-0.1, -0.05) is 54.4 Å². The molecule has 140 valence electrons. The zero-order valence-electron chi connectivity index (χ0n) is 15.5. The van der Waals surface area contributed by atoms with E-state index in [1.807, 2.05) is 6.92 Å². The van der Waals surface area contributed by atoms with E-state index in [2.05, 4.69) is 6.92 Å². The predicted molar refractivity (Wildman–Crippen MR) is 91.4 cm³/mol. The third-order valence-electron chi connectivity index (χ3n) is 3.47. The van der Waals surface area contributed by atoms with Gasteiger partial charge >= 0.3 is 11.9 Å². The molecule has 0 aliphatic heterocycles. The summed E-state index contributed by atoms with van der Waals surface area (Å²) in [5.74, 6) is -1.94. The van der Waals surface area contributed by atoms with Crippen molar-refractivity contribution in [1.29, 1.82) is 0 Å². The lowest BCUT2D eigenvalue weighted by Crippen LogP contribution is -2.28. The van der Waals surface area contributed by atoms with Crippen LogP contribution in [-0.2, 0) is 9.59 Å². The summed E-state index contributed by atoms with van der Waals surface area (Å²) in [5.41, 5.74) is -0.212. The fraction of sp³-hybridized carbons (Fsp3) is 0.882. The lowest BCUT2D eigenvalue weighted by atomic mass is 9.82. The summed E-state index contributed by atoms with van der Waals surface area (Å²) in [6.07, 6.45) is 4.02. The Bertz CT molecular complexity index is 269. The van der Waals surface area contributed by atoms with E-state index >= 15 is 0 Å². The number of aliphatic carboxylic acids is 2. The monoisotopic (exact) mass is 336 g/mol. The zero-order valence-corrected chi connectivity index (χ0v) is 15.5. The van der Waals surface area contributed by atoms with Crippen LogP contribution in [0.25, 0.3) is 0 Å². The first-order chi connectivity index (χ1) is 10.5. The minimum atomic E-state index is -0.741. The summed E-state index contributed by atoms with van der Waals surface area (Å²) >= 11 is 0. The number of carboxylic acid groups (broad SMARTS) is 2. The van der Waals surface area contributed by atoms with E-state index in [0.717, 1.165) is 25.7 Å². The van der Waals surface area contributed by atoms with Crippen molar-refractivity contribution in [1.82, 2.24) is 0 Å². The largest absolute Gasteiger partial charge is 0.481 e. The highest BCUT2D eigenvalue weighted by atomic mass is 16.4. The van der Waals surface area contributed by atoms with Crippen LogP contribution in [0.5, 0.6) is 0 Å². The molecule has 0 amide bonds. The van der Waals surface area contributed by atoms with Crippen LogP contribution in [-0.4, -0.2) is 45.6 Å². The topological polar surface area (TPSA) is 115 Å². The van der Waals surface area contributed by atoms with E-state index < -0.39 is 11.9 Å². The molecule has 0 unspecified atom stereocenters. The van der Waals surface area contributed by atoms with Crippen LogP contribution in [0, 0.1) is 17.3 Å². The van der Waals surface area contributed by atoms with E-state index in [4.69, 9.17) is 20.4 Å². The summed E-state index contributed by atoms with van der Waals surface area (Å²) in [7, 11) is 0. The van der Waals surface area contributed by atoms with Gasteiger partial charge in [0.15, 0.2) is 0 Å². The fourth-order valence-electron chi connectivity index (χ4n) is 1.16. The van der Waals surface area contributed by atoms with Gasteiger partial charge in [0.1, 0.15) is 0 Å². The average molecular weight is 336 g/mol. The first-order valence-corrected chi connectivity index (χ1v) is 8.20. The molecule has 0 aliphatic rings. The Morgan fingerprint density at radius 1 is 0.870 bits per heavy atom. The number of carbonyl (C=O) groups is 2. The van der Waals surface area contributed by atoms with E-state index in [-0.39, 0.29) is 30.5 Å². The molecule has 23 heavy (non-hydrogen) atoms. The van der Waals surface area contributed by atoms with Crippen molar-refractivity contribution < 1.29 is 30.0 Å². The highest BCUT2D eigenvalue weighted by Gasteiger charge is 2.25. The molecule has 0 aromatic heterocycles. The molecule has 0 aromatic carbocycles. The summed E-state index contributed by atoms with van der Waals surface area (Å²) in [5, 5.41) is 34.1. The van der Waals surface area contributed by atoms with E-state index in [1.54, 1.807) is 27.7 Å². The smallest absolute Gasteiger partial charge is 0.305 e. The molecule has 6 heteroatoms. The van der Waals surface area contributed by atoms with E-state index in [9.17, 15) is 9.59 Å². The molecule has 0 heterocycles. The summed E-state index contributed by atoms with van der Waals surface area (Å²) < 4.78 is 0. The third kappa shape index (κ3) is 17.1. The number of unbranched alkanes of at least 4 members (excludes halogenated alkanes) is 1. The molecule has 0 fully saturated rings. The maximum absolute atomic E-state index is 9.70. The van der Waals surface area contributed by atoms with Crippen molar-refractivity contribution in [2.75, 3.05) is 13.2 Å². The van der Waals surface area contributed by atoms with Gasteiger partial charge < -0.3 is 20.4 Å². The van der Waals surface area contributed by atoms with Gasteiger partial charge in [0.2, 0.25) is 0 Å². The Kier molecular flexibility index (Phi) is 18.3. The first kappa shape index (κ1) is 26.7. The van der Waals surface area contributed by atoms with Gasteiger partial charge in [-0.15, -0.1) is 0 Å². The highest BCUT2D eigenvalue weighted by molar-refractivity contribution is 5.69. The average Bonchev–Trinajstić information content (AvgIpc) is 2.50. The van der Waals surface area contributed by atoms with Crippen molar-refractivity contribution in [3.63, 3.8) is 0 Å². The molecule has 4 N–H and O–H groups in total. The molecular weight excluding hydrogens is 300 g/mol. The van der Waals surface area contributed by atoms with Crippen molar-refractivity contribution in [3.05, 3.63) is 0 Å². The lowest BCUT2D eigenvalue weighted by molar-refractivity contribution is -0.141. The quantitative estimate of drug-likeness (QED) is 0.541. The fourth-order valence-corrected chi connectivity index (χ4v) is 1.16. The van der Waals surface area contributed by atoms with Crippen LogP contribution in [0.2, 0.25) is 0 Å². The Morgan fingerprint density at radius 3 is 1.30 bits per heavy atom. The molecular formula is C17H36O6. The van der Waals surface area contributed by atoms with Gasteiger partial charge in [-0.05, 0) is 12.8 Å². The van der Waals surface area contributed by atoms with Gasteiger partial charge in [0, 0.05) is 5.41 Å². The second-order valence-corrected chi connectivity index (χ2v) is 6.26. The van der Waals surface area contributed by atoms with Gasteiger partial charge in [-0.3, -0.25) is 9.59 Å². The van der Waals surface area contributed by atoms with Crippen LogP contribution in [0.1, 0.15) is 67.2 Å². The van der Waals surface area contributed by atoms with Gasteiger partial charge in [0.05, 0.1) is 25.0 Å². The number of hydrogen-bond acceptors (Lipinski definition) is 4. The number of hydrogen-bond donors (Lipinski definition) is 4. The number of rotatable bonds is 8. The summed E-state index contributed by atoms with van der Waals surface area (Å²) in [6, 6.07) is 0. The maximum atomic E-state index is 9.70. The molecule has 0 spiro atoms.